The van der Waals surface area contributed by atoms with Crippen molar-refractivity contribution in [2.45, 2.75) is 25.8 Å². The molecule has 1 aliphatic heterocycles. The van der Waals surface area contributed by atoms with Crippen LogP contribution < -0.4 is 5.32 Å². The number of hydrogen-bond donors (Lipinski definition) is 2. The van der Waals surface area contributed by atoms with Gasteiger partial charge in [0, 0.05) is 25.0 Å². The summed E-state index contributed by atoms with van der Waals surface area (Å²) in [5.74, 6) is -0.248. The zero-order valence-electron chi connectivity index (χ0n) is 10.2. The first kappa shape index (κ1) is 14.4. The monoisotopic (exact) mass is 264 g/mol. The average molecular weight is 264 g/mol. The van der Waals surface area contributed by atoms with Gasteiger partial charge in [-0.3, -0.25) is 4.79 Å². The van der Waals surface area contributed by atoms with Gasteiger partial charge in [0.05, 0.1) is 12.9 Å². The summed E-state index contributed by atoms with van der Waals surface area (Å²) in [6, 6.07) is -0.254. The number of carbonyl (C=O) groups excluding carboxylic acids is 1. The molecule has 100 valence electrons. The minimum absolute atomic E-state index is 0.0894. The zero-order chi connectivity index (χ0) is 13.1. The minimum atomic E-state index is -3.14. The van der Waals surface area contributed by atoms with Gasteiger partial charge in [-0.1, -0.05) is 0 Å². The number of sulfonamides is 1. The molecule has 1 fully saturated rings. The van der Waals surface area contributed by atoms with Gasteiger partial charge in [-0.25, -0.2) is 12.7 Å². The number of nitrogens with zero attached hydrogens (tertiary/aromatic N) is 1. The molecule has 0 radical (unpaired) electrons. The summed E-state index contributed by atoms with van der Waals surface area (Å²) in [5, 5.41) is 11.5. The Bertz CT molecular complexity index is 361. The number of piperidine rings is 1. The van der Waals surface area contributed by atoms with E-state index in [0.29, 0.717) is 25.9 Å². The van der Waals surface area contributed by atoms with E-state index in [1.807, 2.05) is 0 Å². The Morgan fingerprint density at radius 3 is 2.41 bits per heavy atom. The fourth-order valence-electron chi connectivity index (χ4n) is 1.86. The van der Waals surface area contributed by atoms with Crippen LogP contribution in [0.4, 0.5) is 0 Å². The summed E-state index contributed by atoms with van der Waals surface area (Å²) in [7, 11) is -3.14. The molecule has 1 atom stereocenters. The normalized spacial score (nSPS) is 21.1. The maximum absolute atomic E-state index is 11.7. The Hall–Kier alpha value is -0.660. The van der Waals surface area contributed by atoms with Gasteiger partial charge in [-0.15, -0.1) is 0 Å². The lowest BCUT2D eigenvalue weighted by molar-refractivity contribution is -0.127. The van der Waals surface area contributed by atoms with Gasteiger partial charge >= 0.3 is 0 Å². The summed E-state index contributed by atoms with van der Waals surface area (Å²) < 4.78 is 24.0. The first-order valence-corrected chi connectivity index (χ1v) is 7.55. The molecular weight excluding hydrogens is 244 g/mol. The number of nitrogens with one attached hydrogen (secondary N) is 1. The van der Waals surface area contributed by atoms with E-state index in [2.05, 4.69) is 5.32 Å². The number of hydrogen-bond acceptors (Lipinski definition) is 4. The summed E-state index contributed by atoms with van der Waals surface area (Å²) >= 11 is 0. The standard InChI is InChI=1S/C10H20N2O4S/c1-8(7-13)11-10(14)9-3-5-12(6-4-9)17(2,15)16/h8-9,13H,3-7H2,1-2H3,(H,11,14)/t8-/m1/s1. The van der Waals surface area contributed by atoms with E-state index in [-0.39, 0.29) is 24.5 Å². The number of amides is 1. The number of carbonyl (C=O) groups is 1. The molecule has 1 saturated heterocycles. The van der Waals surface area contributed by atoms with Crippen LogP contribution in [-0.2, 0) is 14.8 Å². The smallest absolute Gasteiger partial charge is 0.223 e. The molecule has 0 aromatic carbocycles. The molecule has 7 heteroatoms. The van der Waals surface area contributed by atoms with E-state index in [1.54, 1.807) is 6.92 Å². The summed E-state index contributed by atoms with van der Waals surface area (Å²) in [6.07, 6.45) is 2.26. The lowest BCUT2D eigenvalue weighted by Gasteiger charge is -2.30. The van der Waals surface area contributed by atoms with Crippen molar-refractivity contribution in [3.63, 3.8) is 0 Å². The molecular formula is C10H20N2O4S. The van der Waals surface area contributed by atoms with Gasteiger partial charge < -0.3 is 10.4 Å². The zero-order valence-corrected chi connectivity index (χ0v) is 11.0. The van der Waals surface area contributed by atoms with Gasteiger partial charge in [-0.05, 0) is 19.8 Å². The molecule has 0 unspecified atom stereocenters. The molecule has 0 saturated carbocycles. The second kappa shape index (κ2) is 5.79. The largest absolute Gasteiger partial charge is 0.394 e. The third-order valence-electron chi connectivity index (χ3n) is 2.96. The highest BCUT2D eigenvalue weighted by Crippen LogP contribution is 2.19. The van der Waals surface area contributed by atoms with Crippen LogP contribution in [0.15, 0.2) is 0 Å². The van der Waals surface area contributed by atoms with Crippen LogP contribution >= 0.6 is 0 Å². The quantitative estimate of drug-likeness (QED) is 0.693. The van der Waals surface area contributed by atoms with Crippen molar-refractivity contribution in [1.29, 1.82) is 0 Å². The van der Waals surface area contributed by atoms with Crippen molar-refractivity contribution in [2.24, 2.45) is 5.92 Å². The average Bonchev–Trinajstić information content (AvgIpc) is 2.27. The fourth-order valence-corrected chi connectivity index (χ4v) is 2.73. The maximum atomic E-state index is 11.7. The Labute approximate surface area is 102 Å². The second-order valence-corrected chi connectivity index (χ2v) is 6.51. The van der Waals surface area contributed by atoms with E-state index < -0.39 is 10.0 Å². The number of aliphatic hydroxyl groups is 1. The summed E-state index contributed by atoms with van der Waals surface area (Å²) in [4.78, 5) is 11.7. The number of aliphatic hydroxyl groups excluding tert-OH is 1. The van der Waals surface area contributed by atoms with Gasteiger partial charge in [0.15, 0.2) is 0 Å². The Morgan fingerprint density at radius 2 is 2.00 bits per heavy atom. The summed E-state index contributed by atoms with van der Waals surface area (Å²) in [5.41, 5.74) is 0. The van der Waals surface area contributed by atoms with Crippen molar-refractivity contribution >= 4 is 15.9 Å². The van der Waals surface area contributed by atoms with Gasteiger partial charge in [0.25, 0.3) is 0 Å². The van der Waals surface area contributed by atoms with Crippen LogP contribution in [0.2, 0.25) is 0 Å². The van der Waals surface area contributed by atoms with E-state index in [9.17, 15) is 13.2 Å². The Morgan fingerprint density at radius 1 is 1.47 bits per heavy atom. The minimum Gasteiger partial charge on any atom is -0.394 e. The fraction of sp³-hybridized carbons (Fsp3) is 0.900. The maximum Gasteiger partial charge on any atom is 0.223 e. The molecule has 0 bridgehead atoms. The van der Waals surface area contributed by atoms with Crippen LogP contribution in [0.3, 0.4) is 0 Å². The lowest BCUT2D eigenvalue weighted by atomic mass is 9.97. The molecule has 1 aliphatic rings. The molecule has 0 spiro atoms. The van der Waals surface area contributed by atoms with E-state index in [1.165, 1.54) is 10.6 Å². The predicted molar refractivity (Wildman–Crippen MR) is 63.8 cm³/mol. The van der Waals surface area contributed by atoms with Crippen molar-refractivity contribution in [3.05, 3.63) is 0 Å². The van der Waals surface area contributed by atoms with Crippen molar-refractivity contribution in [1.82, 2.24) is 9.62 Å². The molecule has 0 aromatic rings. The third-order valence-corrected chi connectivity index (χ3v) is 4.26. The lowest BCUT2D eigenvalue weighted by Crippen LogP contribution is -2.45. The molecule has 1 rings (SSSR count). The van der Waals surface area contributed by atoms with Crippen molar-refractivity contribution in [3.8, 4) is 0 Å². The van der Waals surface area contributed by atoms with Crippen LogP contribution in [0.5, 0.6) is 0 Å². The molecule has 1 amide bonds. The molecule has 1 heterocycles. The molecule has 2 N–H and O–H groups in total. The molecule has 0 aromatic heterocycles. The van der Waals surface area contributed by atoms with Crippen LogP contribution in [0.25, 0.3) is 0 Å². The van der Waals surface area contributed by atoms with Gasteiger partial charge in [0.1, 0.15) is 0 Å². The van der Waals surface area contributed by atoms with Crippen molar-refractivity contribution < 1.29 is 18.3 Å². The number of rotatable bonds is 4. The van der Waals surface area contributed by atoms with Gasteiger partial charge in [-0.2, -0.15) is 0 Å². The van der Waals surface area contributed by atoms with E-state index in [0.717, 1.165) is 0 Å². The Kier molecular flexibility index (Phi) is 4.91. The Balaban J connectivity index is 2.44. The van der Waals surface area contributed by atoms with Crippen LogP contribution in [0, 0.1) is 5.92 Å². The third kappa shape index (κ3) is 4.25. The highest BCUT2D eigenvalue weighted by Gasteiger charge is 2.29. The van der Waals surface area contributed by atoms with Crippen LogP contribution in [0.1, 0.15) is 19.8 Å². The SMILES string of the molecule is C[C@H](CO)NC(=O)C1CCN(S(C)(=O)=O)CC1. The van der Waals surface area contributed by atoms with Crippen molar-refractivity contribution in [2.75, 3.05) is 26.0 Å². The van der Waals surface area contributed by atoms with Gasteiger partial charge in [0.2, 0.25) is 15.9 Å². The summed E-state index contributed by atoms with van der Waals surface area (Å²) in [6.45, 7) is 2.42. The second-order valence-electron chi connectivity index (χ2n) is 4.53. The van der Waals surface area contributed by atoms with E-state index in [4.69, 9.17) is 5.11 Å². The predicted octanol–water partition coefficient (Wildman–Crippen LogP) is -0.845. The molecule has 0 aliphatic carbocycles. The molecule has 6 nitrogen and oxygen atoms in total. The highest BCUT2D eigenvalue weighted by molar-refractivity contribution is 7.88. The molecule has 17 heavy (non-hydrogen) atoms. The first-order valence-electron chi connectivity index (χ1n) is 5.71. The van der Waals surface area contributed by atoms with E-state index >= 15 is 0 Å². The van der Waals surface area contributed by atoms with Crippen LogP contribution in [-0.4, -0.2) is 55.7 Å². The topological polar surface area (TPSA) is 86.7 Å². The highest BCUT2D eigenvalue weighted by atomic mass is 32.2. The first-order chi connectivity index (χ1) is 7.84.